The van der Waals surface area contributed by atoms with Crippen molar-refractivity contribution in [2.75, 3.05) is 0 Å². The van der Waals surface area contributed by atoms with Crippen molar-refractivity contribution in [3.8, 4) is 0 Å². The maximum atomic E-state index is 2.58. The zero-order chi connectivity index (χ0) is 20.2. The van der Waals surface area contributed by atoms with Crippen LogP contribution in [0.1, 0.15) is 34.1 Å². The van der Waals surface area contributed by atoms with Gasteiger partial charge in [0.15, 0.2) is 0 Å². The van der Waals surface area contributed by atoms with E-state index in [0.29, 0.717) is 11.8 Å². The second-order valence-corrected chi connectivity index (χ2v) is 25.3. The fraction of sp³-hybridized carbons (Fsp3) is 0.143. The van der Waals surface area contributed by atoms with Gasteiger partial charge in [0.1, 0.15) is 0 Å². The van der Waals surface area contributed by atoms with Crippen molar-refractivity contribution in [1.82, 2.24) is 0 Å². The summed E-state index contributed by atoms with van der Waals surface area (Å²) in [7, 11) is 0. The first-order valence-electron chi connectivity index (χ1n) is 10.8. The van der Waals surface area contributed by atoms with Crippen molar-refractivity contribution in [1.29, 1.82) is 0 Å². The van der Waals surface area contributed by atoms with Crippen molar-refractivity contribution < 1.29 is 45.2 Å². The average Bonchev–Trinajstić information content (AvgIpc) is 3.29. The Morgan fingerprint density at radius 2 is 1.06 bits per heavy atom. The zero-order valence-corrected chi connectivity index (χ0v) is 23.1. The molecule has 4 heteroatoms. The molecule has 0 amide bonds. The monoisotopic (exact) mass is 548 g/mol. The van der Waals surface area contributed by atoms with Gasteiger partial charge in [-0.05, 0) is 0 Å². The van der Waals surface area contributed by atoms with Gasteiger partial charge in [-0.3, -0.25) is 0 Å². The zero-order valence-electron chi connectivity index (χ0n) is 18.1. The van der Waals surface area contributed by atoms with E-state index in [0.717, 1.165) is 0 Å². The van der Waals surface area contributed by atoms with E-state index in [9.17, 15) is 0 Å². The maximum Gasteiger partial charge on any atom is -1.00 e. The van der Waals surface area contributed by atoms with E-state index in [-0.39, 0.29) is 24.8 Å². The van der Waals surface area contributed by atoms with Gasteiger partial charge < -0.3 is 24.8 Å². The molecule has 32 heavy (non-hydrogen) atoms. The Morgan fingerprint density at radius 3 is 1.50 bits per heavy atom. The smallest absolute Gasteiger partial charge is 1.00 e. The van der Waals surface area contributed by atoms with E-state index in [2.05, 4.69) is 110 Å². The Morgan fingerprint density at radius 1 is 0.625 bits per heavy atom. The summed E-state index contributed by atoms with van der Waals surface area (Å²) in [6.07, 6.45) is 18.6. The molecule has 0 saturated heterocycles. The molecule has 0 spiro atoms. The molecule has 0 nitrogen and oxygen atoms in total. The van der Waals surface area contributed by atoms with E-state index in [1.807, 2.05) is 0 Å². The van der Waals surface area contributed by atoms with Crippen molar-refractivity contribution >= 4 is 12.0 Å². The summed E-state index contributed by atoms with van der Waals surface area (Å²) >= 11 is -2.16. The number of halogens is 2. The SMILES string of the molecule is C[Si](C)=[Zr+2]([C]1=C2C=CC=CC2c2ccccc21)[C]1=C2C=CC=CC2c2ccccc21.[Cl-].[Cl-]. The normalized spacial score (nSPS) is 20.5. The summed E-state index contributed by atoms with van der Waals surface area (Å²) in [6, 6.07) is 18.5. The Hall–Kier alpha value is -1.44. The van der Waals surface area contributed by atoms with Gasteiger partial charge in [-0.1, -0.05) is 0 Å². The minimum atomic E-state index is -2.16. The summed E-state index contributed by atoms with van der Waals surface area (Å²) in [5.74, 6) is 0.913. The molecule has 0 aromatic heterocycles. The molecule has 0 N–H and O–H groups in total. The van der Waals surface area contributed by atoms with Crippen LogP contribution in [-0.4, -0.2) is 5.43 Å². The first-order valence-corrected chi connectivity index (χ1v) is 19.4. The molecule has 0 radical (unpaired) electrons. The summed E-state index contributed by atoms with van der Waals surface area (Å²) in [6.45, 7) is 5.16. The van der Waals surface area contributed by atoms with Gasteiger partial charge in [-0.2, -0.15) is 0 Å². The summed E-state index contributed by atoms with van der Waals surface area (Å²) in [4.78, 5) is 0. The summed E-state index contributed by atoms with van der Waals surface area (Å²) in [5, 5.41) is 0. The third kappa shape index (κ3) is 3.51. The van der Waals surface area contributed by atoms with Gasteiger partial charge in [-0.25, -0.2) is 0 Å². The summed E-state index contributed by atoms with van der Waals surface area (Å²) < 4.78 is 3.55. The fourth-order valence-corrected chi connectivity index (χ4v) is 22.9. The van der Waals surface area contributed by atoms with Crippen LogP contribution >= 0.6 is 0 Å². The number of hydrogen-bond donors (Lipinski definition) is 0. The minimum Gasteiger partial charge on any atom is -1.00 e. The van der Waals surface area contributed by atoms with E-state index >= 15 is 0 Å². The van der Waals surface area contributed by atoms with Crippen LogP contribution in [0.3, 0.4) is 0 Å². The second-order valence-electron chi connectivity index (χ2n) is 8.65. The molecule has 0 aliphatic heterocycles. The molecular formula is C28H24Cl2SiZr. The molecule has 0 bridgehead atoms. The molecular weight excluding hydrogens is 527 g/mol. The number of rotatable bonds is 2. The molecule has 0 saturated carbocycles. The molecule has 2 aromatic carbocycles. The van der Waals surface area contributed by atoms with E-state index < -0.39 is 25.8 Å². The predicted octanol–water partition coefficient (Wildman–Crippen LogP) is 1.13. The average molecular weight is 551 g/mol. The van der Waals surface area contributed by atoms with Gasteiger partial charge in [0, 0.05) is 0 Å². The van der Waals surface area contributed by atoms with Gasteiger partial charge >= 0.3 is 188 Å². The van der Waals surface area contributed by atoms with Gasteiger partial charge in [0.2, 0.25) is 0 Å². The van der Waals surface area contributed by atoms with E-state index in [1.54, 1.807) is 28.8 Å². The van der Waals surface area contributed by atoms with Crippen LogP contribution < -0.4 is 24.8 Å². The Balaban J connectivity index is 0.00000122. The summed E-state index contributed by atoms with van der Waals surface area (Å²) in [5.41, 5.74) is 8.90. The number of hydrogen-bond acceptors (Lipinski definition) is 0. The fourth-order valence-electron chi connectivity index (χ4n) is 5.59. The molecule has 2 atom stereocenters. The Kier molecular flexibility index (Phi) is 6.99. The number of benzene rings is 2. The minimum absolute atomic E-state index is 0. The van der Waals surface area contributed by atoms with Crippen LogP contribution in [0.4, 0.5) is 0 Å². The molecule has 158 valence electrons. The molecule has 4 aliphatic rings. The first kappa shape index (κ1) is 23.7. The maximum absolute atomic E-state index is 2.58. The third-order valence-corrected chi connectivity index (χ3v) is 23.3. The second kappa shape index (κ2) is 9.43. The van der Waals surface area contributed by atoms with Crippen molar-refractivity contribution in [2.24, 2.45) is 0 Å². The standard InChI is InChI=1S/2C13H9.C2H6Si.2ClH.Zr/c2*1-3-7-12-10(5-1)9-11-6-2-4-8-13(11)12;1-3-2;;;/h2*1-8,12H;1-2H3;2*1H;/q;;;;;+2/p-2. The largest absolute Gasteiger partial charge is 1.00 e. The number of fused-ring (bicyclic) bond motifs is 6. The van der Waals surface area contributed by atoms with Gasteiger partial charge in [0.05, 0.1) is 0 Å². The quantitative estimate of drug-likeness (QED) is 0.492. The first-order chi connectivity index (χ1) is 14.8. The molecule has 0 fully saturated rings. The van der Waals surface area contributed by atoms with Crippen LogP contribution in [0.15, 0.2) is 108 Å². The molecule has 6 rings (SSSR count). The van der Waals surface area contributed by atoms with Crippen molar-refractivity contribution in [3.05, 3.63) is 131 Å². The van der Waals surface area contributed by atoms with Crippen LogP contribution in [0.2, 0.25) is 13.1 Å². The van der Waals surface area contributed by atoms with Crippen molar-refractivity contribution in [3.63, 3.8) is 0 Å². The van der Waals surface area contributed by atoms with Crippen LogP contribution in [0, 0.1) is 0 Å². The van der Waals surface area contributed by atoms with E-state index in [4.69, 9.17) is 0 Å². The van der Waals surface area contributed by atoms with Crippen LogP contribution in [0.25, 0.3) is 6.56 Å². The van der Waals surface area contributed by atoms with Crippen LogP contribution in [0.5, 0.6) is 0 Å². The molecule has 0 heterocycles. The predicted molar refractivity (Wildman–Crippen MR) is 126 cm³/mol. The molecule has 2 aromatic rings. The third-order valence-electron chi connectivity index (χ3n) is 6.76. The van der Waals surface area contributed by atoms with Crippen LogP contribution in [-0.2, 0) is 20.4 Å². The van der Waals surface area contributed by atoms with Gasteiger partial charge in [0.25, 0.3) is 0 Å². The van der Waals surface area contributed by atoms with Crippen molar-refractivity contribution in [2.45, 2.75) is 24.9 Å². The molecule has 2 unspecified atom stereocenters. The Labute approximate surface area is 211 Å². The topological polar surface area (TPSA) is 0 Å². The van der Waals surface area contributed by atoms with Gasteiger partial charge in [-0.15, -0.1) is 0 Å². The van der Waals surface area contributed by atoms with E-state index in [1.165, 1.54) is 11.1 Å². The number of allylic oxidation sites excluding steroid dienone is 10. The molecule has 4 aliphatic carbocycles. The Bertz CT molecular complexity index is 1220.